The number of fused-ring (bicyclic) bond motifs is 1. The number of imide groups is 1. The molecule has 9 heteroatoms. The molecule has 4 heterocycles. The van der Waals surface area contributed by atoms with E-state index in [4.69, 9.17) is 0 Å². The summed E-state index contributed by atoms with van der Waals surface area (Å²) in [6.07, 6.45) is 3.64. The normalized spacial score (nSPS) is 23.2. The van der Waals surface area contributed by atoms with Gasteiger partial charge < -0.3 is 4.90 Å². The number of likely N-dealkylation sites (tertiary alicyclic amines) is 1. The quantitative estimate of drug-likeness (QED) is 0.704. The van der Waals surface area contributed by atoms with Crippen LogP contribution >= 0.6 is 0 Å². The van der Waals surface area contributed by atoms with Crippen LogP contribution in [0.3, 0.4) is 0 Å². The van der Waals surface area contributed by atoms with E-state index < -0.39 is 6.04 Å². The molecule has 1 atom stereocenters. The van der Waals surface area contributed by atoms with Gasteiger partial charge >= 0.3 is 12.0 Å². The summed E-state index contributed by atoms with van der Waals surface area (Å²) >= 11 is 0. The Morgan fingerprint density at radius 3 is 2.48 bits per heavy atom. The van der Waals surface area contributed by atoms with Crippen LogP contribution in [0, 0.1) is 13.8 Å². The standard InChI is InChI=1S/C20H30N7O2/c1-5-25-16-17(21-19(25)27-15(3)13-14(2)22-27)23(4)20(29)26(18(16)28)12-11-24-9-7-6-8-10-24/h13,16H,5-12H2,1-4H3/q+1. The number of aromatic nitrogens is 2. The molecule has 0 N–H and O–H groups in total. The molecule has 0 aromatic carbocycles. The van der Waals surface area contributed by atoms with Crippen LogP contribution in [0.1, 0.15) is 37.6 Å². The fourth-order valence-electron chi connectivity index (χ4n) is 4.46. The SMILES string of the molecule is CC[N+]1=C(n2nc(C)cc2C)N=C2C1C(=O)N(CCN1CCCCC1)C(=O)N2C. The molecule has 1 aromatic rings. The van der Waals surface area contributed by atoms with Gasteiger partial charge in [0.2, 0.25) is 11.9 Å². The number of urea groups is 1. The summed E-state index contributed by atoms with van der Waals surface area (Å²) < 4.78 is 3.70. The molecule has 1 aromatic heterocycles. The van der Waals surface area contributed by atoms with E-state index in [1.54, 1.807) is 11.7 Å². The molecule has 156 valence electrons. The number of amidine groups is 1. The molecular weight excluding hydrogens is 370 g/mol. The van der Waals surface area contributed by atoms with Gasteiger partial charge in [-0.2, -0.15) is 0 Å². The molecule has 3 aliphatic rings. The maximum atomic E-state index is 13.4. The number of aryl methyl sites for hydroxylation is 2. The van der Waals surface area contributed by atoms with Crippen LogP contribution in [-0.4, -0.2) is 98.6 Å². The number of rotatable bonds is 4. The summed E-state index contributed by atoms with van der Waals surface area (Å²) in [5, 5.41) is 4.53. The zero-order chi connectivity index (χ0) is 20.7. The van der Waals surface area contributed by atoms with Crippen molar-refractivity contribution in [3.8, 4) is 0 Å². The van der Waals surface area contributed by atoms with E-state index in [1.165, 1.54) is 29.1 Å². The van der Waals surface area contributed by atoms with E-state index in [9.17, 15) is 9.59 Å². The van der Waals surface area contributed by atoms with Crippen molar-refractivity contribution in [2.75, 3.05) is 39.8 Å². The number of likely N-dealkylation sites (N-methyl/N-ethyl adjacent to an activating group) is 2. The van der Waals surface area contributed by atoms with Crippen LogP contribution < -0.4 is 0 Å². The molecule has 0 aliphatic carbocycles. The van der Waals surface area contributed by atoms with Gasteiger partial charge in [-0.15, -0.1) is 9.78 Å². The smallest absolute Gasteiger partial charge is 0.302 e. The lowest BCUT2D eigenvalue weighted by atomic mass is 10.1. The summed E-state index contributed by atoms with van der Waals surface area (Å²) in [6.45, 7) is 9.70. The Hall–Kier alpha value is -2.55. The first-order valence-corrected chi connectivity index (χ1v) is 10.5. The summed E-state index contributed by atoms with van der Waals surface area (Å²) in [4.78, 5) is 36.2. The first-order valence-electron chi connectivity index (χ1n) is 10.5. The highest BCUT2D eigenvalue weighted by molar-refractivity contribution is 6.23. The second-order valence-electron chi connectivity index (χ2n) is 8.03. The number of hydrogen-bond acceptors (Lipinski definition) is 5. The molecule has 0 bridgehead atoms. The number of nitrogens with zero attached hydrogens (tertiary/aromatic N) is 7. The number of carbonyl (C=O) groups is 2. The Balaban J connectivity index is 1.62. The third-order valence-electron chi connectivity index (χ3n) is 6.02. The van der Waals surface area contributed by atoms with Crippen molar-refractivity contribution in [2.45, 2.75) is 46.1 Å². The Morgan fingerprint density at radius 1 is 1.14 bits per heavy atom. The highest BCUT2D eigenvalue weighted by Crippen LogP contribution is 2.21. The van der Waals surface area contributed by atoms with E-state index in [2.05, 4.69) is 15.0 Å². The van der Waals surface area contributed by atoms with Gasteiger partial charge in [0.15, 0.2) is 0 Å². The molecular formula is C20H30N7O2+. The Labute approximate surface area is 171 Å². The second-order valence-corrected chi connectivity index (χ2v) is 8.03. The Morgan fingerprint density at radius 2 is 1.86 bits per heavy atom. The van der Waals surface area contributed by atoms with Gasteiger partial charge in [0.1, 0.15) is 5.69 Å². The maximum absolute atomic E-state index is 13.4. The van der Waals surface area contributed by atoms with Crippen LogP contribution in [0.2, 0.25) is 0 Å². The highest BCUT2D eigenvalue weighted by Gasteiger charge is 2.52. The first-order chi connectivity index (χ1) is 13.9. The molecule has 0 saturated carbocycles. The molecule has 9 nitrogen and oxygen atoms in total. The fourth-order valence-corrected chi connectivity index (χ4v) is 4.46. The van der Waals surface area contributed by atoms with Crippen LogP contribution in [-0.2, 0) is 4.79 Å². The van der Waals surface area contributed by atoms with Crippen molar-refractivity contribution >= 4 is 23.7 Å². The third kappa shape index (κ3) is 3.37. The number of carbonyl (C=O) groups excluding carboxylic acids is 2. The lowest BCUT2D eigenvalue weighted by molar-refractivity contribution is -0.534. The van der Waals surface area contributed by atoms with Crippen molar-refractivity contribution < 1.29 is 14.2 Å². The molecule has 3 aliphatic heterocycles. The van der Waals surface area contributed by atoms with Gasteiger partial charge in [0, 0.05) is 20.1 Å². The number of aliphatic imine (C=N–C) groups is 1. The van der Waals surface area contributed by atoms with Gasteiger partial charge in [-0.3, -0.25) is 14.6 Å². The van der Waals surface area contributed by atoms with Gasteiger partial charge in [0.05, 0.1) is 12.2 Å². The molecule has 3 amide bonds. The monoisotopic (exact) mass is 400 g/mol. The lowest BCUT2D eigenvalue weighted by Crippen LogP contribution is -2.63. The molecule has 4 rings (SSSR count). The van der Waals surface area contributed by atoms with E-state index in [0.29, 0.717) is 24.9 Å². The number of amides is 3. The second kappa shape index (κ2) is 7.70. The van der Waals surface area contributed by atoms with E-state index >= 15 is 0 Å². The largest absolute Gasteiger partial charge is 0.421 e. The highest BCUT2D eigenvalue weighted by atomic mass is 16.2. The van der Waals surface area contributed by atoms with Crippen molar-refractivity contribution in [1.82, 2.24) is 24.5 Å². The summed E-state index contributed by atoms with van der Waals surface area (Å²) in [7, 11) is 1.70. The summed E-state index contributed by atoms with van der Waals surface area (Å²) in [5.41, 5.74) is 1.84. The van der Waals surface area contributed by atoms with Crippen molar-refractivity contribution in [2.24, 2.45) is 4.99 Å². The minimum Gasteiger partial charge on any atom is -0.302 e. The minimum absolute atomic E-state index is 0.192. The van der Waals surface area contributed by atoms with Crippen molar-refractivity contribution in [3.05, 3.63) is 17.5 Å². The number of piperidine rings is 1. The molecule has 0 radical (unpaired) electrons. The van der Waals surface area contributed by atoms with Gasteiger partial charge in [-0.1, -0.05) is 11.4 Å². The van der Waals surface area contributed by atoms with Crippen LogP contribution in [0.15, 0.2) is 11.1 Å². The van der Waals surface area contributed by atoms with Crippen molar-refractivity contribution in [1.29, 1.82) is 0 Å². The zero-order valence-electron chi connectivity index (χ0n) is 17.8. The predicted molar refractivity (Wildman–Crippen MR) is 109 cm³/mol. The third-order valence-corrected chi connectivity index (χ3v) is 6.02. The van der Waals surface area contributed by atoms with Crippen LogP contribution in [0.5, 0.6) is 0 Å². The molecule has 2 fully saturated rings. The Kier molecular flexibility index (Phi) is 5.24. The van der Waals surface area contributed by atoms with Crippen molar-refractivity contribution in [3.63, 3.8) is 0 Å². The zero-order valence-corrected chi connectivity index (χ0v) is 17.8. The first kappa shape index (κ1) is 19.8. The molecule has 0 spiro atoms. The fraction of sp³-hybridized carbons (Fsp3) is 0.650. The van der Waals surface area contributed by atoms with Gasteiger partial charge in [-0.05, 0) is 52.8 Å². The van der Waals surface area contributed by atoms with E-state index in [0.717, 1.165) is 31.0 Å². The average molecular weight is 401 g/mol. The molecule has 1 unspecified atom stereocenters. The average Bonchev–Trinajstić information content (AvgIpc) is 3.26. The predicted octanol–water partition coefficient (Wildman–Crippen LogP) is 0.897. The lowest BCUT2D eigenvalue weighted by Gasteiger charge is -2.35. The van der Waals surface area contributed by atoms with E-state index in [1.807, 2.05) is 31.4 Å². The van der Waals surface area contributed by atoms with Gasteiger partial charge in [-0.25, -0.2) is 9.37 Å². The summed E-state index contributed by atoms with van der Waals surface area (Å²) in [5.74, 6) is 0.893. The van der Waals surface area contributed by atoms with Crippen LogP contribution in [0.4, 0.5) is 4.79 Å². The number of hydrogen-bond donors (Lipinski definition) is 0. The Bertz CT molecular complexity index is 895. The van der Waals surface area contributed by atoms with E-state index in [-0.39, 0.29) is 11.9 Å². The topological polar surface area (TPSA) is 77.0 Å². The molecule has 2 saturated heterocycles. The maximum Gasteiger partial charge on any atom is 0.421 e. The van der Waals surface area contributed by atoms with Crippen LogP contribution in [0.25, 0.3) is 0 Å². The minimum atomic E-state index is -0.581. The summed E-state index contributed by atoms with van der Waals surface area (Å²) in [6, 6.07) is 1.10. The molecule has 29 heavy (non-hydrogen) atoms. The van der Waals surface area contributed by atoms with Gasteiger partial charge in [0.25, 0.3) is 5.91 Å².